The van der Waals surface area contributed by atoms with Crippen LogP contribution in [0.2, 0.25) is 0 Å². The Hall–Kier alpha value is 0.210. The molecule has 0 saturated carbocycles. The fraction of sp³-hybridized carbons (Fsp3) is 1.00. The van der Waals surface area contributed by atoms with Gasteiger partial charge in [-0.2, -0.15) is 0 Å². The summed E-state index contributed by atoms with van der Waals surface area (Å²) in [4.78, 5) is 5.09. The molecular weight excluding hydrogens is 196 g/mol. The Balaban J connectivity index is 2.32. The van der Waals surface area contributed by atoms with Gasteiger partial charge in [0.05, 0.1) is 0 Å². The van der Waals surface area contributed by atoms with Crippen molar-refractivity contribution >= 4 is 11.6 Å². The quantitative estimate of drug-likeness (QED) is 0.667. The minimum atomic E-state index is 0.742. The Kier molecular flexibility index (Phi) is 5.83. The Morgan fingerprint density at radius 3 is 2.64 bits per heavy atom. The average molecular weight is 219 g/mol. The molecule has 0 amide bonds. The fourth-order valence-electron chi connectivity index (χ4n) is 2.03. The molecule has 1 aliphatic rings. The number of alkyl halides is 1. The third-order valence-electron chi connectivity index (χ3n) is 3.24. The molecule has 0 aliphatic carbocycles. The molecule has 14 heavy (non-hydrogen) atoms. The SMILES string of the molecule is CCC(C)N1CCCN(CCCl)CC1. The highest BCUT2D eigenvalue weighted by atomic mass is 35.5. The number of hydrogen-bond donors (Lipinski definition) is 0. The van der Waals surface area contributed by atoms with Gasteiger partial charge in [-0.05, 0) is 32.9 Å². The van der Waals surface area contributed by atoms with E-state index in [2.05, 4.69) is 23.6 Å². The average Bonchev–Trinajstić information content (AvgIpc) is 2.43. The summed E-state index contributed by atoms with van der Waals surface area (Å²) in [7, 11) is 0. The van der Waals surface area contributed by atoms with Gasteiger partial charge in [0.1, 0.15) is 0 Å². The molecule has 0 radical (unpaired) electrons. The Labute approximate surface area is 93.2 Å². The van der Waals surface area contributed by atoms with E-state index in [1.54, 1.807) is 0 Å². The molecule has 1 aliphatic heterocycles. The molecule has 1 saturated heterocycles. The van der Waals surface area contributed by atoms with Crippen molar-refractivity contribution in [2.45, 2.75) is 32.7 Å². The van der Waals surface area contributed by atoms with Crippen molar-refractivity contribution in [3.63, 3.8) is 0 Å². The monoisotopic (exact) mass is 218 g/mol. The minimum absolute atomic E-state index is 0.742. The Bertz CT molecular complexity index is 152. The molecule has 3 heteroatoms. The molecule has 1 fully saturated rings. The van der Waals surface area contributed by atoms with Crippen LogP contribution >= 0.6 is 11.6 Å². The van der Waals surface area contributed by atoms with Crippen molar-refractivity contribution in [2.75, 3.05) is 38.6 Å². The lowest BCUT2D eigenvalue weighted by molar-refractivity contribution is 0.206. The molecular formula is C11H23ClN2. The molecule has 0 aromatic heterocycles. The van der Waals surface area contributed by atoms with Crippen LogP contribution in [0.15, 0.2) is 0 Å². The topological polar surface area (TPSA) is 6.48 Å². The van der Waals surface area contributed by atoms with Crippen molar-refractivity contribution in [3.8, 4) is 0 Å². The van der Waals surface area contributed by atoms with Gasteiger partial charge in [-0.15, -0.1) is 11.6 Å². The molecule has 1 atom stereocenters. The van der Waals surface area contributed by atoms with Gasteiger partial charge in [-0.1, -0.05) is 6.92 Å². The van der Waals surface area contributed by atoms with Gasteiger partial charge in [0, 0.05) is 31.6 Å². The van der Waals surface area contributed by atoms with E-state index in [0.29, 0.717) is 0 Å². The van der Waals surface area contributed by atoms with Gasteiger partial charge in [-0.25, -0.2) is 0 Å². The standard InChI is InChI=1S/C11H23ClN2/c1-3-11(2)14-7-4-6-13(8-5-12)9-10-14/h11H,3-10H2,1-2H3. The zero-order valence-corrected chi connectivity index (χ0v) is 10.3. The maximum absolute atomic E-state index is 5.76. The second-order valence-electron chi connectivity index (χ2n) is 4.18. The largest absolute Gasteiger partial charge is 0.301 e. The number of halogens is 1. The van der Waals surface area contributed by atoms with Gasteiger partial charge in [0.2, 0.25) is 0 Å². The molecule has 0 N–H and O–H groups in total. The van der Waals surface area contributed by atoms with Crippen molar-refractivity contribution in [3.05, 3.63) is 0 Å². The summed E-state index contributed by atoms with van der Waals surface area (Å²) < 4.78 is 0. The highest BCUT2D eigenvalue weighted by Gasteiger charge is 2.17. The van der Waals surface area contributed by atoms with Crippen LogP contribution in [0.1, 0.15) is 26.7 Å². The molecule has 0 bridgehead atoms. The first-order valence-corrected chi connectivity index (χ1v) is 6.33. The first-order valence-electron chi connectivity index (χ1n) is 5.80. The molecule has 0 spiro atoms. The molecule has 1 heterocycles. The Morgan fingerprint density at radius 1 is 1.21 bits per heavy atom. The summed E-state index contributed by atoms with van der Waals surface area (Å²) in [6.07, 6.45) is 2.55. The maximum Gasteiger partial charge on any atom is 0.0351 e. The van der Waals surface area contributed by atoms with Crippen LogP contribution in [0.4, 0.5) is 0 Å². The van der Waals surface area contributed by atoms with Gasteiger partial charge in [-0.3, -0.25) is 4.90 Å². The molecule has 1 unspecified atom stereocenters. The third-order valence-corrected chi connectivity index (χ3v) is 3.41. The van der Waals surface area contributed by atoms with E-state index in [1.807, 2.05) is 0 Å². The lowest BCUT2D eigenvalue weighted by atomic mass is 10.2. The molecule has 1 rings (SSSR count). The minimum Gasteiger partial charge on any atom is -0.301 e. The number of nitrogens with zero attached hydrogens (tertiary/aromatic N) is 2. The second kappa shape index (κ2) is 6.65. The summed E-state index contributed by atoms with van der Waals surface area (Å²) >= 11 is 5.76. The van der Waals surface area contributed by atoms with Gasteiger partial charge in [0.25, 0.3) is 0 Å². The summed E-state index contributed by atoms with van der Waals surface area (Å²) in [6.45, 7) is 10.5. The van der Waals surface area contributed by atoms with E-state index >= 15 is 0 Å². The van der Waals surface area contributed by atoms with Crippen LogP contribution in [-0.2, 0) is 0 Å². The highest BCUT2D eigenvalue weighted by Crippen LogP contribution is 2.09. The normalized spacial score (nSPS) is 23.4. The second-order valence-corrected chi connectivity index (χ2v) is 4.56. The van der Waals surface area contributed by atoms with E-state index in [1.165, 1.54) is 39.0 Å². The Morgan fingerprint density at radius 2 is 2.00 bits per heavy atom. The predicted octanol–water partition coefficient (Wildman–Crippen LogP) is 2.03. The van der Waals surface area contributed by atoms with Crippen molar-refractivity contribution in [2.24, 2.45) is 0 Å². The van der Waals surface area contributed by atoms with Crippen LogP contribution < -0.4 is 0 Å². The summed E-state index contributed by atoms with van der Waals surface area (Å²) in [5, 5.41) is 0. The molecule has 84 valence electrons. The summed E-state index contributed by atoms with van der Waals surface area (Å²) in [5.41, 5.74) is 0. The van der Waals surface area contributed by atoms with E-state index in [-0.39, 0.29) is 0 Å². The number of rotatable bonds is 4. The molecule has 2 nitrogen and oxygen atoms in total. The van der Waals surface area contributed by atoms with Gasteiger partial charge < -0.3 is 4.90 Å². The van der Waals surface area contributed by atoms with E-state index in [4.69, 9.17) is 11.6 Å². The van der Waals surface area contributed by atoms with Crippen LogP contribution in [0, 0.1) is 0 Å². The van der Waals surface area contributed by atoms with Gasteiger partial charge in [0.15, 0.2) is 0 Å². The summed E-state index contributed by atoms with van der Waals surface area (Å²) in [5.74, 6) is 0.767. The highest BCUT2D eigenvalue weighted by molar-refractivity contribution is 6.18. The molecule has 0 aromatic rings. The zero-order chi connectivity index (χ0) is 10.4. The lowest BCUT2D eigenvalue weighted by Crippen LogP contribution is -2.36. The summed E-state index contributed by atoms with van der Waals surface area (Å²) in [6, 6.07) is 0.742. The van der Waals surface area contributed by atoms with E-state index in [0.717, 1.165) is 18.5 Å². The van der Waals surface area contributed by atoms with Crippen LogP contribution in [0.3, 0.4) is 0 Å². The number of hydrogen-bond acceptors (Lipinski definition) is 2. The predicted molar refractivity (Wildman–Crippen MR) is 63.1 cm³/mol. The van der Waals surface area contributed by atoms with Crippen LogP contribution in [-0.4, -0.2) is 54.4 Å². The smallest absolute Gasteiger partial charge is 0.0351 e. The van der Waals surface area contributed by atoms with Crippen molar-refractivity contribution < 1.29 is 0 Å². The van der Waals surface area contributed by atoms with Gasteiger partial charge >= 0.3 is 0 Å². The van der Waals surface area contributed by atoms with Crippen LogP contribution in [0.25, 0.3) is 0 Å². The van der Waals surface area contributed by atoms with Crippen molar-refractivity contribution in [1.29, 1.82) is 0 Å². The zero-order valence-electron chi connectivity index (χ0n) is 9.51. The maximum atomic E-state index is 5.76. The first kappa shape index (κ1) is 12.3. The van der Waals surface area contributed by atoms with E-state index < -0.39 is 0 Å². The van der Waals surface area contributed by atoms with Crippen molar-refractivity contribution in [1.82, 2.24) is 9.80 Å². The van der Waals surface area contributed by atoms with Crippen LogP contribution in [0.5, 0.6) is 0 Å². The third kappa shape index (κ3) is 3.76. The van der Waals surface area contributed by atoms with E-state index in [9.17, 15) is 0 Å². The lowest BCUT2D eigenvalue weighted by Gasteiger charge is -2.26. The first-order chi connectivity index (χ1) is 6.77. The molecule has 0 aromatic carbocycles. The fourth-order valence-corrected chi connectivity index (χ4v) is 2.27.